The number of nitrogens with one attached hydrogen (secondary N) is 2. The topological polar surface area (TPSA) is 75.3 Å². The first-order chi connectivity index (χ1) is 12.0. The highest BCUT2D eigenvalue weighted by Crippen LogP contribution is 2.26. The van der Waals surface area contributed by atoms with Crippen molar-refractivity contribution >= 4 is 50.2 Å². The van der Waals surface area contributed by atoms with E-state index in [4.69, 9.17) is 11.6 Å². The van der Waals surface area contributed by atoms with Crippen molar-refractivity contribution in [3.8, 4) is 0 Å². The predicted molar refractivity (Wildman–Crippen MR) is 101 cm³/mol. The standard InChI is InChI=1S/C17H13ClN2O3S2/c18-12-6-8-13(9-7-12)19-17(21)16-15(10-11-24-16)20-25(22,23)14-4-2-1-3-5-14/h1-11,20H,(H,19,21). The van der Waals surface area contributed by atoms with E-state index in [1.165, 1.54) is 12.1 Å². The summed E-state index contributed by atoms with van der Waals surface area (Å²) >= 11 is 6.97. The number of sulfonamides is 1. The summed E-state index contributed by atoms with van der Waals surface area (Å²) in [6.07, 6.45) is 0. The first-order valence-corrected chi connectivity index (χ1v) is 9.92. The van der Waals surface area contributed by atoms with E-state index in [0.29, 0.717) is 10.7 Å². The zero-order chi connectivity index (χ0) is 17.9. The van der Waals surface area contributed by atoms with E-state index in [9.17, 15) is 13.2 Å². The summed E-state index contributed by atoms with van der Waals surface area (Å²) in [5.41, 5.74) is 0.806. The molecule has 0 fully saturated rings. The number of rotatable bonds is 5. The number of hydrogen-bond donors (Lipinski definition) is 2. The molecule has 1 amide bonds. The van der Waals surface area contributed by atoms with Gasteiger partial charge in [0.05, 0.1) is 10.6 Å². The van der Waals surface area contributed by atoms with Crippen LogP contribution >= 0.6 is 22.9 Å². The van der Waals surface area contributed by atoms with Crippen LogP contribution in [0.5, 0.6) is 0 Å². The molecule has 1 heterocycles. The van der Waals surface area contributed by atoms with Crippen molar-refractivity contribution < 1.29 is 13.2 Å². The van der Waals surface area contributed by atoms with Crippen LogP contribution in [-0.4, -0.2) is 14.3 Å². The molecule has 3 aromatic rings. The molecular weight excluding hydrogens is 380 g/mol. The molecule has 0 aliphatic carbocycles. The van der Waals surface area contributed by atoms with Crippen LogP contribution in [0.4, 0.5) is 11.4 Å². The summed E-state index contributed by atoms with van der Waals surface area (Å²) in [5, 5.41) is 4.93. The Morgan fingerprint density at radius 1 is 0.960 bits per heavy atom. The fourth-order valence-corrected chi connectivity index (χ4v) is 4.12. The van der Waals surface area contributed by atoms with Gasteiger partial charge in [-0.15, -0.1) is 11.3 Å². The number of carbonyl (C=O) groups excluding carboxylic acids is 1. The van der Waals surface area contributed by atoms with Gasteiger partial charge in [-0.3, -0.25) is 9.52 Å². The van der Waals surface area contributed by atoms with Gasteiger partial charge in [0.15, 0.2) is 0 Å². The molecule has 2 aromatic carbocycles. The molecule has 0 bridgehead atoms. The molecule has 0 unspecified atom stereocenters. The lowest BCUT2D eigenvalue weighted by Crippen LogP contribution is -2.17. The molecule has 0 aliphatic heterocycles. The van der Waals surface area contributed by atoms with Gasteiger partial charge in [-0.05, 0) is 47.8 Å². The molecule has 0 aliphatic rings. The second-order valence-corrected chi connectivity index (χ2v) is 8.08. The summed E-state index contributed by atoms with van der Waals surface area (Å²) in [5.74, 6) is -0.400. The van der Waals surface area contributed by atoms with Crippen molar-refractivity contribution in [1.82, 2.24) is 0 Å². The summed E-state index contributed by atoms with van der Waals surface area (Å²) in [6, 6.07) is 16.2. The Hall–Kier alpha value is -2.35. The zero-order valence-electron chi connectivity index (χ0n) is 12.8. The average molecular weight is 393 g/mol. The predicted octanol–water partition coefficient (Wildman–Crippen LogP) is 4.45. The average Bonchev–Trinajstić information content (AvgIpc) is 3.05. The Morgan fingerprint density at radius 2 is 1.64 bits per heavy atom. The monoisotopic (exact) mass is 392 g/mol. The van der Waals surface area contributed by atoms with Gasteiger partial charge < -0.3 is 5.32 Å². The number of halogens is 1. The normalized spacial score (nSPS) is 11.1. The van der Waals surface area contributed by atoms with E-state index in [0.717, 1.165) is 11.3 Å². The van der Waals surface area contributed by atoms with Crippen molar-refractivity contribution in [3.63, 3.8) is 0 Å². The molecule has 3 rings (SSSR count). The van der Waals surface area contributed by atoms with E-state index in [2.05, 4.69) is 10.0 Å². The number of amides is 1. The van der Waals surface area contributed by atoms with E-state index in [1.54, 1.807) is 53.9 Å². The molecule has 5 nitrogen and oxygen atoms in total. The largest absolute Gasteiger partial charge is 0.321 e. The molecule has 8 heteroatoms. The number of thiophene rings is 1. The van der Waals surface area contributed by atoms with E-state index in [1.807, 2.05) is 0 Å². The lowest BCUT2D eigenvalue weighted by Gasteiger charge is -2.09. The molecule has 128 valence electrons. The van der Waals surface area contributed by atoms with E-state index in [-0.39, 0.29) is 15.5 Å². The fourth-order valence-electron chi connectivity index (χ4n) is 2.09. The van der Waals surface area contributed by atoms with Crippen molar-refractivity contribution in [3.05, 3.63) is 75.9 Å². The summed E-state index contributed by atoms with van der Waals surface area (Å²) in [6.45, 7) is 0. The molecule has 0 atom stereocenters. The van der Waals surface area contributed by atoms with Crippen LogP contribution in [0.2, 0.25) is 5.02 Å². The van der Waals surface area contributed by atoms with Gasteiger partial charge in [0.1, 0.15) is 4.88 Å². The van der Waals surface area contributed by atoms with Crippen LogP contribution in [0, 0.1) is 0 Å². The second kappa shape index (κ2) is 7.26. The third-order valence-electron chi connectivity index (χ3n) is 3.27. The highest BCUT2D eigenvalue weighted by atomic mass is 35.5. The van der Waals surface area contributed by atoms with Crippen molar-refractivity contribution in [2.75, 3.05) is 10.0 Å². The van der Waals surface area contributed by atoms with E-state index < -0.39 is 15.9 Å². The molecule has 0 radical (unpaired) electrons. The minimum atomic E-state index is -3.76. The zero-order valence-corrected chi connectivity index (χ0v) is 15.2. The van der Waals surface area contributed by atoms with Gasteiger partial charge in [-0.25, -0.2) is 8.42 Å². The van der Waals surface area contributed by atoms with Crippen LogP contribution < -0.4 is 10.0 Å². The van der Waals surface area contributed by atoms with Crippen LogP contribution in [0.1, 0.15) is 9.67 Å². The van der Waals surface area contributed by atoms with Gasteiger partial charge in [0, 0.05) is 10.7 Å². The van der Waals surface area contributed by atoms with Gasteiger partial charge >= 0.3 is 0 Å². The second-order valence-electron chi connectivity index (χ2n) is 5.04. The molecule has 1 aromatic heterocycles. The third-order valence-corrected chi connectivity index (χ3v) is 5.82. The lowest BCUT2D eigenvalue weighted by atomic mass is 10.3. The van der Waals surface area contributed by atoms with Gasteiger partial charge in [0.25, 0.3) is 15.9 Å². The van der Waals surface area contributed by atoms with E-state index >= 15 is 0 Å². The number of carbonyl (C=O) groups is 1. The van der Waals surface area contributed by atoms with Gasteiger partial charge in [-0.2, -0.15) is 0 Å². The van der Waals surface area contributed by atoms with Crippen molar-refractivity contribution in [1.29, 1.82) is 0 Å². The number of hydrogen-bond acceptors (Lipinski definition) is 4. The first kappa shape index (κ1) is 17.5. The highest BCUT2D eigenvalue weighted by Gasteiger charge is 2.19. The fraction of sp³-hybridized carbons (Fsp3) is 0. The SMILES string of the molecule is O=C(Nc1ccc(Cl)cc1)c1sccc1NS(=O)(=O)c1ccccc1. The molecule has 0 spiro atoms. The Bertz CT molecular complexity index is 984. The first-order valence-electron chi connectivity index (χ1n) is 7.18. The maximum Gasteiger partial charge on any atom is 0.267 e. The summed E-state index contributed by atoms with van der Waals surface area (Å²) < 4.78 is 27.3. The Morgan fingerprint density at radius 3 is 2.32 bits per heavy atom. The van der Waals surface area contributed by atoms with Crippen molar-refractivity contribution in [2.45, 2.75) is 4.90 Å². The number of benzene rings is 2. The quantitative estimate of drug-likeness (QED) is 0.673. The number of anilines is 2. The molecule has 2 N–H and O–H groups in total. The smallest absolute Gasteiger partial charge is 0.267 e. The molecular formula is C17H13ClN2O3S2. The summed E-state index contributed by atoms with van der Waals surface area (Å²) in [7, 11) is -3.76. The summed E-state index contributed by atoms with van der Waals surface area (Å²) in [4.78, 5) is 12.8. The molecule has 0 saturated carbocycles. The third kappa shape index (κ3) is 4.19. The van der Waals surface area contributed by atoms with Crippen LogP contribution in [-0.2, 0) is 10.0 Å². The maximum atomic E-state index is 12.4. The maximum absolute atomic E-state index is 12.4. The molecule has 25 heavy (non-hydrogen) atoms. The Kier molecular flexibility index (Phi) is 5.08. The van der Waals surface area contributed by atoms with Crippen molar-refractivity contribution in [2.24, 2.45) is 0 Å². The Balaban J connectivity index is 1.80. The minimum Gasteiger partial charge on any atom is -0.321 e. The minimum absolute atomic E-state index is 0.130. The van der Waals surface area contributed by atoms with Crippen LogP contribution in [0.3, 0.4) is 0 Å². The van der Waals surface area contributed by atoms with Crippen LogP contribution in [0.25, 0.3) is 0 Å². The van der Waals surface area contributed by atoms with Gasteiger partial charge in [0.2, 0.25) is 0 Å². The highest BCUT2D eigenvalue weighted by molar-refractivity contribution is 7.92. The van der Waals surface area contributed by atoms with Gasteiger partial charge in [-0.1, -0.05) is 29.8 Å². The lowest BCUT2D eigenvalue weighted by molar-refractivity contribution is 0.103. The van der Waals surface area contributed by atoms with Crippen LogP contribution in [0.15, 0.2) is 70.9 Å². The molecule has 0 saturated heterocycles. The Labute approximate surface area is 154 Å².